The van der Waals surface area contributed by atoms with Crippen LogP contribution in [-0.4, -0.2) is 13.2 Å². The summed E-state index contributed by atoms with van der Waals surface area (Å²) < 4.78 is 5.57. The molecule has 0 radical (unpaired) electrons. The standard InChI is InChI=1S/C12H17Cl2NO/c1-8(2)7-16-12-10(13)5-9(3-4-15)6-11(12)14/h5-6,8H,3-4,7,15H2,1-2H3. The first-order chi connectivity index (χ1) is 7.54. The van der Waals surface area contributed by atoms with E-state index in [0.717, 1.165) is 12.0 Å². The maximum Gasteiger partial charge on any atom is 0.156 e. The Bertz CT molecular complexity index is 330. The van der Waals surface area contributed by atoms with Crippen LogP contribution in [0.15, 0.2) is 12.1 Å². The van der Waals surface area contributed by atoms with E-state index >= 15 is 0 Å². The highest BCUT2D eigenvalue weighted by molar-refractivity contribution is 6.37. The maximum atomic E-state index is 6.10. The van der Waals surface area contributed by atoms with Crippen LogP contribution < -0.4 is 10.5 Å². The van der Waals surface area contributed by atoms with Gasteiger partial charge in [0.25, 0.3) is 0 Å². The minimum absolute atomic E-state index is 0.441. The van der Waals surface area contributed by atoms with Crippen LogP contribution in [0.2, 0.25) is 10.0 Å². The molecule has 16 heavy (non-hydrogen) atoms. The van der Waals surface area contributed by atoms with E-state index in [-0.39, 0.29) is 0 Å². The largest absolute Gasteiger partial charge is 0.490 e. The lowest BCUT2D eigenvalue weighted by molar-refractivity contribution is 0.271. The molecule has 0 atom stereocenters. The second kappa shape index (κ2) is 6.33. The first-order valence-corrected chi connectivity index (χ1v) is 6.11. The molecule has 0 bridgehead atoms. The van der Waals surface area contributed by atoms with Gasteiger partial charge in [0.05, 0.1) is 16.7 Å². The fourth-order valence-corrected chi connectivity index (χ4v) is 1.95. The van der Waals surface area contributed by atoms with Crippen molar-refractivity contribution in [2.75, 3.05) is 13.2 Å². The Kier molecular flexibility index (Phi) is 5.39. The molecule has 0 spiro atoms. The molecule has 0 aliphatic heterocycles. The van der Waals surface area contributed by atoms with Crippen molar-refractivity contribution in [2.45, 2.75) is 20.3 Å². The number of hydrogen-bond acceptors (Lipinski definition) is 2. The van der Waals surface area contributed by atoms with E-state index in [9.17, 15) is 0 Å². The van der Waals surface area contributed by atoms with Gasteiger partial charge >= 0.3 is 0 Å². The molecule has 90 valence electrons. The number of rotatable bonds is 5. The number of nitrogens with two attached hydrogens (primary N) is 1. The van der Waals surface area contributed by atoms with Gasteiger partial charge in [0.1, 0.15) is 0 Å². The van der Waals surface area contributed by atoms with Crippen molar-refractivity contribution < 1.29 is 4.74 Å². The van der Waals surface area contributed by atoms with Crippen LogP contribution in [0.5, 0.6) is 5.75 Å². The molecule has 0 amide bonds. The van der Waals surface area contributed by atoms with Crippen LogP contribution >= 0.6 is 23.2 Å². The monoisotopic (exact) mass is 261 g/mol. The predicted molar refractivity (Wildman–Crippen MR) is 69.6 cm³/mol. The third-order valence-corrected chi connectivity index (χ3v) is 2.61. The summed E-state index contributed by atoms with van der Waals surface area (Å²) in [6, 6.07) is 3.71. The normalized spacial score (nSPS) is 10.9. The Morgan fingerprint density at radius 1 is 1.25 bits per heavy atom. The van der Waals surface area contributed by atoms with Crippen molar-refractivity contribution >= 4 is 23.2 Å². The van der Waals surface area contributed by atoms with E-state index in [1.807, 2.05) is 12.1 Å². The molecule has 0 aromatic heterocycles. The SMILES string of the molecule is CC(C)COc1c(Cl)cc(CCN)cc1Cl. The van der Waals surface area contributed by atoms with Crippen LogP contribution in [0.1, 0.15) is 19.4 Å². The summed E-state index contributed by atoms with van der Waals surface area (Å²) in [6.45, 7) is 5.34. The van der Waals surface area contributed by atoms with E-state index in [4.69, 9.17) is 33.7 Å². The first kappa shape index (κ1) is 13.6. The van der Waals surface area contributed by atoms with Gasteiger partial charge in [0, 0.05) is 0 Å². The Morgan fingerprint density at radius 3 is 2.25 bits per heavy atom. The molecular weight excluding hydrogens is 245 g/mol. The second-order valence-electron chi connectivity index (χ2n) is 4.13. The zero-order valence-electron chi connectivity index (χ0n) is 9.59. The fraction of sp³-hybridized carbons (Fsp3) is 0.500. The van der Waals surface area contributed by atoms with Crippen molar-refractivity contribution in [1.29, 1.82) is 0 Å². The van der Waals surface area contributed by atoms with Gasteiger partial charge in [-0.1, -0.05) is 37.0 Å². The number of ether oxygens (including phenoxy) is 1. The molecule has 0 saturated heterocycles. The van der Waals surface area contributed by atoms with Gasteiger partial charge < -0.3 is 10.5 Å². The van der Waals surface area contributed by atoms with Gasteiger partial charge in [-0.15, -0.1) is 0 Å². The van der Waals surface area contributed by atoms with E-state index in [2.05, 4.69) is 13.8 Å². The topological polar surface area (TPSA) is 35.2 Å². The molecule has 1 aromatic rings. The quantitative estimate of drug-likeness (QED) is 0.881. The van der Waals surface area contributed by atoms with Crippen molar-refractivity contribution in [3.8, 4) is 5.75 Å². The third kappa shape index (κ3) is 3.85. The highest BCUT2D eigenvalue weighted by Crippen LogP contribution is 2.34. The van der Waals surface area contributed by atoms with Crippen LogP contribution in [0.4, 0.5) is 0 Å². The third-order valence-electron chi connectivity index (χ3n) is 2.05. The maximum absolute atomic E-state index is 6.10. The van der Waals surface area contributed by atoms with Crippen LogP contribution in [-0.2, 0) is 6.42 Å². The van der Waals surface area contributed by atoms with Gasteiger partial charge in [-0.2, -0.15) is 0 Å². The van der Waals surface area contributed by atoms with E-state index in [1.54, 1.807) is 0 Å². The molecule has 0 aliphatic rings. The minimum Gasteiger partial charge on any atom is -0.490 e. The Labute approximate surface area is 107 Å². The zero-order chi connectivity index (χ0) is 12.1. The molecule has 1 rings (SSSR count). The van der Waals surface area contributed by atoms with Crippen molar-refractivity contribution in [1.82, 2.24) is 0 Å². The Hall–Kier alpha value is -0.440. The molecule has 1 aromatic carbocycles. The highest BCUT2D eigenvalue weighted by atomic mass is 35.5. The van der Waals surface area contributed by atoms with Gasteiger partial charge in [-0.3, -0.25) is 0 Å². The van der Waals surface area contributed by atoms with E-state index in [1.165, 1.54) is 0 Å². The summed E-state index contributed by atoms with van der Waals surface area (Å²) in [4.78, 5) is 0. The van der Waals surface area contributed by atoms with Crippen LogP contribution in [0.3, 0.4) is 0 Å². The molecule has 2 nitrogen and oxygen atoms in total. The average Bonchev–Trinajstić information content (AvgIpc) is 2.16. The smallest absolute Gasteiger partial charge is 0.156 e. The average molecular weight is 262 g/mol. The summed E-state index contributed by atoms with van der Waals surface area (Å²) in [5, 5.41) is 1.10. The summed E-state index contributed by atoms with van der Waals surface area (Å²) in [5.41, 5.74) is 6.52. The van der Waals surface area contributed by atoms with Gasteiger partial charge in [-0.05, 0) is 36.6 Å². The number of benzene rings is 1. The molecule has 0 saturated carbocycles. The Morgan fingerprint density at radius 2 is 1.81 bits per heavy atom. The molecular formula is C12H17Cl2NO. The first-order valence-electron chi connectivity index (χ1n) is 5.35. The molecule has 0 heterocycles. The molecule has 0 aliphatic carbocycles. The summed E-state index contributed by atoms with van der Waals surface area (Å²) in [5.74, 6) is 1.01. The zero-order valence-corrected chi connectivity index (χ0v) is 11.1. The lowest BCUT2D eigenvalue weighted by Crippen LogP contribution is -2.06. The van der Waals surface area contributed by atoms with Crippen LogP contribution in [0, 0.1) is 5.92 Å². The van der Waals surface area contributed by atoms with Crippen molar-refractivity contribution in [2.24, 2.45) is 11.7 Å². The van der Waals surface area contributed by atoms with Crippen molar-refractivity contribution in [3.63, 3.8) is 0 Å². The van der Waals surface area contributed by atoms with E-state index < -0.39 is 0 Å². The summed E-state index contributed by atoms with van der Waals surface area (Å²) in [6.07, 6.45) is 0.768. The summed E-state index contributed by atoms with van der Waals surface area (Å²) >= 11 is 12.2. The molecule has 0 unspecified atom stereocenters. The van der Waals surface area contributed by atoms with Crippen molar-refractivity contribution in [3.05, 3.63) is 27.7 Å². The van der Waals surface area contributed by atoms with Gasteiger partial charge in [0.2, 0.25) is 0 Å². The molecule has 0 fully saturated rings. The Balaban J connectivity index is 2.85. The molecule has 2 N–H and O–H groups in total. The second-order valence-corrected chi connectivity index (χ2v) is 4.95. The van der Waals surface area contributed by atoms with E-state index in [0.29, 0.717) is 34.9 Å². The number of hydrogen-bond donors (Lipinski definition) is 1. The highest BCUT2D eigenvalue weighted by Gasteiger charge is 2.10. The fourth-order valence-electron chi connectivity index (χ4n) is 1.31. The summed E-state index contributed by atoms with van der Waals surface area (Å²) in [7, 11) is 0. The predicted octanol–water partition coefficient (Wildman–Crippen LogP) is 3.53. The van der Waals surface area contributed by atoms with Gasteiger partial charge in [-0.25, -0.2) is 0 Å². The minimum atomic E-state index is 0.441. The number of halogens is 2. The lowest BCUT2D eigenvalue weighted by Gasteiger charge is -2.13. The van der Waals surface area contributed by atoms with Crippen LogP contribution in [0.25, 0.3) is 0 Å². The van der Waals surface area contributed by atoms with Gasteiger partial charge in [0.15, 0.2) is 5.75 Å². The molecule has 4 heteroatoms. The lowest BCUT2D eigenvalue weighted by atomic mass is 10.1.